The maximum Gasteiger partial charge on any atom is 0.147 e. The Morgan fingerprint density at radius 1 is 1.09 bits per heavy atom. The molecule has 3 rings (SSSR count). The summed E-state index contributed by atoms with van der Waals surface area (Å²) in [7, 11) is 0. The van der Waals surface area contributed by atoms with Gasteiger partial charge in [0, 0.05) is 32.1 Å². The first kappa shape index (κ1) is 15.9. The van der Waals surface area contributed by atoms with Gasteiger partial charge < -0.3 is 10.0 Å². The molecule has 1 aliphatic rings. The Morgan fingerprint density at radius 2 is 1.87 bits per heavy atom. The van der Waals surface area contributed by atoms with Crippen LogP contribution in [0.2, 0.25) is 0 Å². The first-order chi connectivity index (χ1) is 11.3. The Bertz CT molecular complexity index is 575. The lowest BCUT2D eigenvalue weighted by Gasteiger charge is -2.41. The van der Waals surface area contributed by atoms with E-state index in [9.17, 15) is 5.11 Å². The van der Waals surface area contributed by atoms with Gasteiger partial charge in [0.1, 0.15) is 5.82 Å². The maximum atomic E-state index is 9.95. The highest BCUT2D eigenvalue weighted by molar-refractivity contribution is 5.35. The third-order valence-electron chi connectivity index (χ3n) is 5.05. The molecule has 1 saturated heterocycles. The molecule has 1 N–H and O–H groups in total. The number of aromatic nitrogens is 2. The molecule has 0 amide bonds. The first-order valence-corrected chi connectivity index (χ1v) is 8.47. The number of anilines is 1. The molecule has 1 fully saturated rings. The Kier molecular flexibility index (Phi) is 5.23. The molecule has 0 bridgehead atoms. The standard InChI is InChI=1S/C19H25N3O/c23-16-19(8-4-7-17-5-2-1-3-6-17)9-13-22(14-10-19)18-15-20-11-12-21-18/h1-3,5-6,11-12,15,23H,4,7-10,13-14,16H2. The third kappa shape index (κ3) is 4.08. The Labute approximate surface area is 138 Å². The molecule has 0 spiro atoms. The molecule has 0 radical (unpaired) electrons. The number of piperidine rings is 1. The minimum Gasteiger partial charge on any atom is -0.396 e. The van der Waals surface area contributed by atoms with Crippen molar-refractivity contribution in [1.29, 1.82) is 0 Å². The van der Waals surface area contributed by atoms with Gasteiger partial charge in [0.15, 0.2) is 0 Å². The molecule has 23 heavy (non-hydrogen) atoms. The van der Waals surface area contributed by atoms with Gasteiger partial charge in [-0.05, 0) is 43.1 Å². The molecule has 1 aromatic carbocycles. The van der Waals surface area contributed by atoms with Crippen molar-refractivity contribution in [3.8, 4) is 0 Å². The quantitative estimate of drug-likeness (QED) is 0.890. The predicted molar refractivity (Wildman–Crippen MR) is 92.4 cm³/mol. The molecule has 1 aromatic heterocycles. The number of hydrogen-bond acceptors (Lipinski definition) is 4. The van der Waals surface area contributed by atoms with Crippen molar-refractivity contribution in [3.05, 3.63) is 54.5 Å². The Balaban J connectivity index is 1.52. The normalized spacial score (nSPS) is 17.2. The van der Waals surface area contributed by atoms with Crippen molar-refractivity contribution in [1.82, 2.24) is 9.97 Å². The van der Waals surface area contributed by atoms with Gasteiger partial charge >= 0.3 is 0 Å². The lowest BCUT2D eigenvalue weighted by atomic mass is 9.75. The summed E-state index contributed by atoms with van der Waals surface area (Å²) in [5.74, 6) is 0.948. The second-order valence-corrected chi connectivity index (χ2v) is 6.55. The number of benzene rings is 1. The van der Waals surface area contributed by atoms with Crippen LogP contribution in [0.3, 0.4) is 0 Å². The van der Waals surface area contributed by atoms with Crippen LogP contribution < -0.4 is 4.90 Å². The number of nitrogens with zero attached hydrogens (tertiary/aromatic N) is 3. The highest BCUT2D eigenvalue weighted by atomic mass is 16.3. The lowest BCUT2D eigenvalue weighted by Crippen LogP contribution is -2.42. The summed E-state index contributed by atoms with van der Waals surface area (Å²) in [6.45, 7) is 2.19. The molecule has 2 heterocycles. The van der Waals surface area contributed by atoms with Gasteiger partial charge in [0.25, 0.3) is 0 Å². The fourth-order valence-corrected chi connectivity index (χ4v) is 3.46. The van der Waals surface area contributed by atoms with Gasteiger partial charge in [-0.3, -0.25) is 4.98 Å². The van der Waals surface area contributed by atoms with Crippen LogP contribution >= 0.6 is 0 Å². The molecule has 0 aliphatic carbocycles. The maximum absolute atomic E-state index is 9.95. The van der Waals surface area contributed by atoms with Crippen molar-refractivity contribution >= 4 is 5.82 Å². The van der Waals surface area contributed by atoms with E-state index in [0.29, 0.717) is 0 Å². The van der Waals surface area contributed by atoms with Crippen LogP contribution in [0.4, 0.5) is 5.82 Å². The van der Waals surface area contributed by atoms with Crippen molar-refractivity contribution in [2.75, 3.05) is 24.6 Å². The van der Waals surface area contributed by atoms with Crippen LogP contribution in [0.15, 0.2) is 48.9 Å². The number of aliphatic hydroxyl groups is 1. The minimum absolute atomic E-state index is 0.0769. The van der Waals surface area contributed by atoms with Gasteiger partial charge in [0.05, 0.1) is 6.20 Å². The van der Waals surface area contributed by atoms with E-state index >= 15 is 0 Å². The van der Waals surface area contributed by atoms with Gasteiger partial charge in [-0.25, -0.2) is 4.98 Å². The number of hydrogen-bond donors (Lipinski definition) is 1. The summed E-state index contributed by atoms with van der Waals surface area (Å²) < 4.78 is 0. The zero-order valence-corrected chi connectivity index (χ0v) is 13.6. The lowest BCUT2D eigenvalue weighted by molar-refractivity contribution is 0.0849. The van der Waals surface area contributed by atoms with Crippen LogP contribution in [-0.4, -0.2) is 34.8 Å². The van der Waals surface area contributed by atoms with Gasteiger partial charge in [0.2, 0.25) is 0 Å². The summed E-state index contributed by atoms with van der Waals surface area (Å²) in [5, 5.41) is 9.95. The molecule has 2 aromatic rings. The summed E-state index contributed by atoms with van der Waals surface area (Å²) in [4.78, 5) is 10.8. The molecule has 0 unspecified atom stereocenters. The van der Waals surface area contributed by atoms with Gasteiger partial charge in [-0.15, -0.1) is 0 Å². The topological polar surface area (TPSA) is 49.2 Å². The Morgan fingerprint density at radius 3 is 2.52 bits per heavy atom. The third-order valence-corrected chi connectivity index (χ3v) is 5.05. The molecule has 0 saturated carbocycles. The SMILES string of the molecule is OCC1(CCCc2ccccc2)CCN(c2cnccn2)CC1. The first-order valence-electron chi connectivity index (χ1n) is 8.47. The number of aliphatic hydroxyl groups excluding tert-OH is 1. The molecule has 122 valence electrons. The molecule has 4 heteroatoms. The van der Waals surface area contributed by atoms with Crippen LogP contribution in [0.5, 0.6) is 0 Å². The molecule has 1 aliphatic heterocycles. The number of rotatable bonds is 6. The van der Waals surface area contributed by atoms with Gasteiger partial charge in [-0.1, -0.05) is 30.3 Å². The summed E-state index contributed by atoms with van der Waals surface area (Å²) >= 11 is 0. The fraction of sp³-hybridized carbons (Fsp3) is 0.474. The second-order valence-electron chi connectivity index (χ2n) is 6.55. The van der Waals surface area contributed by atoms with Crippen LogP contribution in [0.1, 0.15) is 31.2 Å². The fourth-order valence-electron chi connectivity index (χ4n) is 3.46. The highest BCUT2D eigenvalue weighted by Gasteiger charge is 2.33. The van der Waals surface area contributed by atoms with Crippen LogP contribution in [0.25, 0.3) is 0 Å². The molecule has 0 atom stereocenters. The Hall–Kier alpha value is -1.94. The van der Waals surface area contributed by atoms with Crippen molar-refractivity contribution in [2.45, 2.75) is 32.1 Å². The van der Waals surface area contributed by atoms with Crippen molar-refractivity contribution < 1.29 is 5.11 Å². The van der Waals surface area contributed by atoms with Crippen LogP contribution in [0, 0.1) is 5.41 Å². The molecular formula is C19H25N3O. The molecular weight excluding hydrogens is 286 g/mol. The summed E-state index contributed by atoms with van der Waals surface area (Å²) in [6, 6.07) is 10.6. The second kappa shape index (κ2) is 7.55. The summed E-state index contributed by atoms with van der Waals surface area (Å²) in [5.41, 5.74) is 1.46. The smallest absolute Gasteiger partial charge is 0.147 e. The molecule has 4 nitrogen and oxygen atoms in total. The number of aryl methyl sites for hydroxylation is 1. The van der Waals surface area contributed by atoms with E-state index in [1.807, 2.05) is 6.20 Å². The van der Waals surface area contributed by atoms with E-state index in [4.69, 9.17) is 0 Å². The predicted octanol–water partition coefficient (Wildman–Crippen LogP) is 3.08. The van der Waals surface area contributed by atoms with E-state index in [0.717, 1.165) is 51.0 Å². The van der Waals surface area contributed by atoms with E-state index < -0.39 is 0 Å². The van der Waals surface area contributed by atoms with E-state index in [2.05, 4.69) is 45.2 Å². The minimum atomic E-state index is 0.0769. The highest BCUT2D eigenvalue weighted by Crippen LogP contribution is 2.37. The average molecular weight is 311 g/mol. The van der Waals surface area contributed by atoms with Crippen molar-refractivity contribution in [3.63, 3.8) is 0 Å². The van der Waals surface area contributed by atoms with E-state index in [1.54, 1.807) is 12.4 Å². The largest absolute Gasteiger partial charge is 0.396 e. The summed E-state index contributed by atoms with van der Waals surface area (Å²) in [6.07, 6.45) is 10.6. The van der Waals surface area contributed by atoms with Crippen LogP contribution in [-0.2, 0) is 6.42 Å². The van der Waals surface area contributed by atoms with Crippen molar-refractivity contribution in [2.24, 2.45) is 5.41 Å². The van der Waals surface area contributed by atoms with Gasteiger partial charge in [-0.2, -0.15) is 0 Å². The van der Waals surface area contributed by atoms with E-state index in [-0.39, 0.29) is 12.0 Å². The zero-order valence-electron chi connectivity index (χ0n) is 13.6. The van der Waals surface area contributed by atoms with E-state index in [1.165, 1.54) is 5.56 Å². The average Bonchev–Trinajstić information content (AvgIpc) is 2.64. The monoisotopic (exact) mass is 311 g/mol. The zero-order chi connectivity index (χ0) is 16.0.